The van der Waals surface area contributed by atoms with Gasteiger partial charge in [0.05, 0.1) is 29.6 Å². The number of aliphatic hydroxyl groups is 1. The summed E-state index contributed by atoms with van der Waals surface area (Å²) in [5, 5.41) is 10.4. The van der Waals surface area contributed by atoms with Crippen molar-refractivity contribution < 1.29 is 23.0 Å². The molecule has 0 saturated carbocycles. The van der Waals surface area contributed by atoms with Crippen LogP contribution in [0.25, 0.3) is 0 Å². The van der Waals surface area contributed by atoms with Gasteiger partial charge < -0.3 is 14.6 Å². The lowest BCUT2D eigenvalue weighted by Gasteiger charge is -2.14. The van der Waals surface area contributed by atoms with E-state index in [0.717, 1.165) is 0 Å². The first-order valence-electron chi connectivity index (χ1n) is 7.99. The van der Waals surface area contributed by atoms with Crippen LogP contribution in [0.4, 0.5) is 0 Å². The molecule has 0 spiro atoms. The first-order chi connectivity index (χ1) is 12.0. The van der Waals surface area contributed by atoms with E-state index in [4.69, 9.17) is 9.47 Å². The lowest BCUT2D eigenvalue weighted by molar-refractivity contribution is 0.142. The van der Waals surface area contributed by atoms with Gasteiger partial charge in [0, 0.05) is 12.8 Å². The number of methoxy groups -OCH3 is 1. The maximum Gasteiger partial charge on any atom is 0.206 e. The SMILES string of the molecule is COc1ccc(C(O)CC2=C(S(=O)(=O)c3ccccc3)CCO2)cc1. The Morgan fingerprint density at radius 1 is 1.12 bits per heavy atom. The molecular formula is C19H20O5S. The van der Waals surface area contributed by atoms with E-state index in [1.54, 1.807) is 61.7 Å². The molecule has 0 amide bonds. The van der Waals surface area contributed by atoms with Crippen LogP contribution in [0, 0.1) is 0 Å². The fraction of sp³-hybridized carbons (Fsp3) is 0.263. The summed E-state index contributed by atoms with van der Waals surface area (Å²) in [6.45, 7) is 0.312. The van der Waals surface area contributed by atoms with Gasteiger partial charge in [-0.25, -0.2) is 8.42 Å². The Morgan fingerprint density at radius 3 is 2.44 bits per heavy atom. The van der Waals surface area contributed by atoms with E-state index >= 15 is 0 Å². The summed E-state index contributed by atoms with van der Waals surface area (Å²) in [6.07, 6.45) is -0.407. The van der Waals surface area contributed by atoms with Crippen molar-refractivity contribution in [3.8, 4) is 5.75 Å². The Balaban J connectivity index is 1.85. The number of rotatable bonds is 6. The van der Waals surface area contributed by atoms with Crippen molar-refractivity contribution in [3.05, 3.63) is 70.8 Å². The van der Waals surface area contributed by atoms with Gasteiger partial charge in [0.1, 0.15) is 11.5 Å². The lowest BCUT2D eigenvalue weighted by atomic mass is 10.1. The maximum absolute atomic E-state index is 12.8. The van der Waals surface area contributed by atoms with Gasteiger partial charge in [0.15, 0.2) is 0 Å². The van der Waals surface area contributed by atoms with Crippen molar-refractivity contribution in [3.63, 3.8) is 0 Å². The fourth-order valence-electron chi connectivity index (χ4n) is 2.81. The van der Waals surface area contributed by atoms with E-state index < -0.39 is 15.9 Å². The first kappa shape index (κ1) is 17.5. The monoisotopic (exact) mass is 360 g/mol. The summed E-state index contributed by atoms with van der Waals surface area (Å²) >= 11 is 0. The molecule has 3 rings (SSSR count). The van der Waals surface area contributed by atoms with E-state index in [1.165, 1.54) is 0 Å². The molecule has 1 aliphatic rings. The molecule has 2 aromatic carbocycles. The smallest absolute Gasteiger partial charge is 0.206 e. The lowest BCUT2D eigenvalue weighted by Crippen LogP contribution is -2.07. The van der Waals surface area contributed by atoms with Gasteiger partial charge in [-0.1, -0.05) is 30.3 Å². The Kier molecular flexibility index (Phi) is 5.11. The topological polar surface area (TPSA) is 72.8 Å². The standard InChI is InChI=1S/C19H20O5S/c1-23-15-9-7-14(8-10-15)17(20)13-18-19(11-12-24-18)25(21,22)16-5-3-2-4-6-16/h2-10,17,20H,11-13H2,1H3. The van der Waals surface area contributed by atoms with Crippen LogP contribution in [0.15, 0.2) is 70.2 Å². The number of benzene rings is 2. The van der Waals surface area contributed by atoms with Gasteiger partial charge in [-0.3, -0.25) is 0 Å². The Morgan fingerprint density at radius 2 is 1.80 bits per heavy atom. The average molecular weight is 360 g/mol. The highest BCUT2D eigenvalue weighted by Gasteiger charge is 2.30. The molecule has 1 heterocycles. The highest BCUT2D eigenvalue weighted by molar-refractivity contribution is 7.95. The highest BCUT2D eigenvalue weighted by atomic mass is 32.2. The van der Waals surface area contributed by atoms with Crippen LogP contribution in [-0.2, 0) is 14.6 Å². The van der Waals surface area contributed by atoms with E-state index in [2.05, 4.69) is 0 Å². The summed E-state index contributed by atoms with van der Waals surface area (Å²) in [7, 11) is -2.03. The molecule has 0 aliphatic carbocycles. The molecule has 25 heavy (non-hydrogen) atoms. The molecule has 6 heteroatoms. The molecule has 1 atom stereocenters. The Labute approximate surface area is 147 Å². The molecule has 1 N–H and O–H groups in total. The second-order valence-electron chi connectivity index (χ2n) is 5.75. The summed E-state index contributed by atoms with van der Waals surface area (Å²) < 4.78 is 36.2. The Bertz CT molecular complexity index is 854. The molecule has 0 bridgehead atoms. The maximum atomic E-state index is 12.8. The van der Waals surface area contributed by atoms with Crippen molar-refractivity contribution in [2.45, 2.75) is 23.8 Å². The van der Waals surface area contributed by atoms with Crippen LogP contribution in [0.1, 0.15) is 24.5 Å². The molecular weight excluding hydrogens is 340 g/mol. The van der Waals surface area contributed by atoms with E-state index in [9.17, 15) is 13.5 Å². The third kappa shape index (κ3) is 3.70. The zero-order valence-corrected chi connectivity index (χ0v) is 14.7. The van der Waals surface area contributed by atoms with Crippen LogP contribution < -0.4 is 4.74 Å². The zero-order chi connectivity index (χ0) is 17.9. The van der Waals surface area contributed by atoms with Gasteiger partial charge >= 0.3 is 0 Å². The molecule has 0 saturated heterocycles. The molecule has 0 aromatic heterocycles. The molecule has 2 aromatic rings. The normalized spacial score (nSPS) is 15.8. The molecule has 1 unspecified atom stereocenters. The molecule has 1 aliphatic heterocycles. The third-order valence-electron chi connectivity index (χ3n) is 4.17. The van der Waals surface area contributed by atoms with E-state index in [-0.39, 0.29) is 16.2 Å². The number of hydrogen-bond acceptors (Lipinski definition) is 5. The van der Waals surface area contributed by atoms with Gasteiger partial charge in [0.25, 0.3) is 0 Å². The summed E-state index contributed by atoms with van der Waals surface area (Å²) in [5.41, 5.74) is 0.681. The second-order valence-corrected chi connectivity index (χ2v) is 7.73. The minimum Gasteiger partial charge on any atom is -0.497 e. The fourth-order valence-corrected chi connectivity index (χ4v) is 4.40. The minimum atomic E-state index is -3.60. The number of hydrogen-bond donors (Lipinski definition) is 1. The van der Waals surface area contributed by atoms with Crippen molar-refractivity contribution in [2.24, 2.45) is 0 Å². The van der Waals surface area contributed by atoms with Crippen molar-refractivity contribution >= 4 is 9.84 Å². The van der Waals surface area contributed by atoms with Crippen molar-refractivity contribution in [2.75, 3.05) is 13.7 Å². The summed E-state index contributed by atoms with van der Waals surface area (Å²) in [5.74, 6) is 1.03. The van der Waals surface area contributed by atoms with Crippen molar-refractivity contribution in [1.82, 2.24) is 0 Å². The van der Waals surface area contributed by atoms with Crippen LogP contribution in [0.2, 0.25) is 0 Å². The number of aliphatic hydroxyl groups excluding tert-OH is 1. The average Bonchev–Trinajstić information content (AvgIpc) is 3.11. The quantitative estimate of drug-likeness (QED) is 0.856. The molecule has 5 nitrogen and oxygen atoms in total. The largest absolute Gasteiger partial charge is 0.497 e. The summed E-state index contributed by atoms with van der Waals surface area (Å²) in [4.78, 5) is 0.498. The van der Waals surface area contributed by atoms with Crippen LogP contribution in [0.5, 0.6) is 5.75 Å². The summed E-state index contributed by atoms with van der Waals surface area (Å²) in [6, 6.07) is 15.3. The highest BCUT2D eigenvalue weighted by Crippen LogP contribution is 2.34. The zero-order valence-electron chi connectivity index (χ0n) is 13.9. The third-order valence-corrected chi connectivity index (χ3v) is 6.15. The van der Waals surface area contributed by atoms with Crippen LogP contribution in [-0.4, -0.2) is 27.2 Å². The number of ether oxygens (including phenoxy) is 2. The van der Waals surface area contributed by atoms with Gasteiger partial charge in [-0.2, -0.15) is 0 Å². The predicted octanol–water partition coefficient (Wildman–Crippen LogP) is 3.22. The van der Waals surface area contributed by atoms with E-state index in [1.807, 2.05) is 0 Å². The first-order valence-corrected chi connectivity index (χ1v) is 9.47. The predicted molar refractivity (Wildman–Crippen MR) is 93.8 cm³/mol. The Hall–Kier alpha value is -2.31. The molecule has 0 radical (unpaired) electrons. The van der Waals surface area contributed by atoms with Gasteiger partial charge in [-0.05, 0) is 29.8 Å². The van der Waals surface area contributed by atoms with Gasteiger partial charge in [-0.15, -0.1) is 0 Å². The van der Waals surface area contributed by atoms with Gasteiger partial charge in [0.2, 0.25) is 9.84 Å². The number of sulfone groups is 1. The van der Waals surface area contributed by atoms with Crippen LogP contribution >= 0.6 is 0 Å². The van der Waals surface area contributed by atoms with Crippen LogP contribution in [0.3, 0.4) is 0 Å². The minimum absolute atomic E-state index is 0.119. The molecule has 0 fully saturated rings. The molecule has 132 valence electrons. The van der Waals surface area contributed by atoms with Crippen molar-refractivity contribution in [1.29, 1.82) is 0 Å². The second kappa shape index (κ2) is 7.29. The van der Waals surface area contributed by atoms with E-state index in [0.29, 0.717) is 30.1 Å².